The van der Waals surface area contributed by atoms with Crippen LogP contribution in [-0.4, -0.2) is 30.1 Å². The number of aromatic nitrogens is 5. The van der Waals surface area contributed by atoms with Gasteiger partial charge in [0.2, 0.25) is 0 Å². The van der Waals surface area contributed by atoms with Gasteiger partial charge in [0.15, 0.2) is 10.9 Å². The molecule has 0 spiro atoms. The Labute approximate surface area is 154 Å². The first-order chi connectivity index (χ1) is 12.6. The molecule has 0 N–H and O–H groups in total. The van der Waals surface area contributed by atoms with Crippen LogP contribution in [0.5, 0.6) is 0 Å². The summed E-state index contributed by atoms with van der Waals surface area (Å²) in [5.41, 5.74) is 1.49. The number of ketones is 1. The molecule has 0 amide bonds. The van der Waals surface area contributed by atoms with Gasteiger partial charge in [-0.3, -0.25) is 9.78 Å². The molecule has 1 fully saturated rings. The number of carbonyl (C=O) groups excluding carboxylic acids is 1. The number of hydrogen-bond acceptors (Lipinski definition) is 6. The molecule has 134 valence electrons. The second-order valence-corrected chi connectivity index (χ2v) is 7.58. The number of hydrogen-bond donors (Lipinski definition) is 0. The number of Topliss-reactive ketones (excluding diaryl/α,β-unsaturated/α-hetero) is 1. The number of rotatable bonds is 7. The quantitative estimate of drug-likeness (QED) is 0.597. The lowest BCUT2D eigenvalue weighted by Gasteiger charge is -1.99. The second kappa shape index (κ2) is 6.95. The van der Waals surface area contributed by atoms with Gasteiger partial charge in [-0.2, -0.15) is 5.10 Å². The standard InChI is InChI=1S/C18H19N5O2S/c1-12-16(15(24)7-6-13-3-2-8-19-9-13)26-17(21-12)22-11-20-23(18(22)25)10-14-4-5-14/h2-3,8-9,11,14H,4-7,10H2,1H3. The summed E-state index contributed by atoms with van der Waals surface area (Å²) in [6.45, 7) is 2.46. The smallest absolute Gasteiger partial charge is 0.293 e. The molecule has 0 bridgehead atoms. The van der Waals surface area contributed by atoms with Crippen LogP contribution in [0.15, 0.2) is 35.6 Å². The lowest BCUT2D eigenvalue weighted by Crippen LogP contribution is -2.24. The van der Waals surface area contributed by atoms with E-state index in [1.807, 2.05) is 12.1 Å². The van der Waals surface area contributed by atoms with E-state index in [4.69, 9.17) is 0 Å². The van der Waals surface area contributed by atoms with Crippen LogP contribution in [0.1, 0.15) is 40.2 Å². The van der Waals surface area contributed by atoms with Gasteiger partial charge in [0, 0.05) is 25.4 Å². The summed E-state index contributed by atoms with van der Waals surface area (Å²) in [6, 6.07) is 3.82. The first kappa shape index (κ1) is 16.8. The SMILES string of the molecule is Cc1nc(-n2cnn(CC3CC3)c2=O)sc1C(=O)CCc1cccnc1. The van der Waals surface area contributed by atoms with E-state index < -0.39 is 0 Å². The molecule has 3 heterocycles. The van der Waals surface area contributed by atoms with E-state index in [0.717, 1.165) is 18.4 Å². The van der Waals surface area contributed by atoms with Crippen molar-refractivity contribution < 1.29 is 4.79 Å². The maximum atomic E-state index is 12.6. The van der Waals surface area contributed by atoms with Crippen LogP contribution in [-0.2, 0) is 13.0 Å². The summed E-state index contributed by atoms with van der Waals surface area (Å²) in [5.74, 6) is 0.604. The van der Waals surface area contributed by atoms with Crippen LogP contribution >= 0.6 is 11.3 Å². The van der Waals surface area contributed by atoms with E-state index in [-0.39, 0.29) is 11.5 Å². The van der Waals surface area contributed by atoms with E-state index >= 15 is 0 Å². The van der Waals surface area contributed by atoms with Crippen molar-refractivity contribution in [3.63, 3.8) is 0 Å². The highest BCUT2D eigenvalue weighted by atomic mass is 32.1. The fraction of sp³-hybridized carbons (Fsp3) is 0.389. The summed E-state index contributed by atoms with van der Waals surface area (Å²) in [7, 11) is 0. The Morgan fingerprint density at radius 3 is 2.96 bits per heavy atom. The lowest BCUT2D eigenvalue weighted by atomic mass is 10.1. The van der Waals surface area contributed by atoms with Crippen LogP contribution in [0.25, 0.3) is 5.13 Å². The maximum absolute atomic E-state index is 12.6. The fourth-order valence-electron chi connectivity index (χ4n) is 2.80. The van der Waals surface area contributed by atoms with E-state index in [0.29, 0.717) is 41.0 Å². The van der Waals surface area contributed by atoms with Gasteiger partial charge in [-0.05, 0) is 43.7 Å². The maximum Gasteiger partial charge on any atom is 0.352 e. The van der Waals surface area contributed by atoms with Crippen molar-refractivity contribution >= 4 is 17.1 Å². The molecule has 7 nitrogen and oxygen atoms in total. The summed E-state index contributed by atoms with van der Waals surface area (Å²) < 4.78 is 2.91. The Morgan fingerprint density at radius 2 is 2.23 bits per heavy atom. The number of carbonyl (C=O) groups is 1. The molecular weight excluding hydrogens is 350 g/mol. The van der Waals surface area contributed by atoms with E-state index in [1.54, 1.807) is 19.3 Å². The Hall–Kier alpha value is -2.61. The van der Waals surface area contributed by atoms with Crippen molar-refractivity contribution in [2.45, 2.75) is 39.2 Å². The molecule has 0 radical (unpaired) electrons. The van der Waals surface area contributed by atoms with E-state index in [2.05, 4.69) is 15.1 Å². The third-order valence-electron chi connectivity index (χ3n) is 4.47. The Balaban J connectivity index is 1.51. The molecule has 3 aromatic heterocycles. The minimum absolute atomic E-state index is 0.0357. The number of thiazole rings is 1. The van der Waals surface area contributed by atoms with Crippen molar-refractivity contribution in [3.05, 3.63) is 57.5 Å². The van der Waals surface area contributed by atoms with Gasteiger partial charge in [-0.25, -0.2) is 19.0 Å². The predicted octanol–water partition coefficient (Wildman–Crippen LogP) is 2.42. The van der Waals surface area contributed by atoms with Crippen molar-refractivity contribution in [1.82, 2.24) is 24.3 Å². The average Bonchev–Trinajstić information content (AvgIpc) is 3.28. The molecule has 0 saturated heterocycles. The van der Waals surface area contributed by atoms with E-state index in [9.17, 15) is 9.59 Å². The zero-order valence-electron chi connectivity index (χ0n) is 14.5. The first-order valence-corrected chi connectivity index (χ1v) is 9.48. The number of pyridine rings is 1. The molecule has 3 aromatic rings. The Morgan fingerprint density at radius 1 is 1.38 bits per heavy atom. The summed E-state index contributed by atoms with van der Waals surface area (Å²) >= 11 is 1.25. The third kappa shape index (κ3) is 3.50. The highest BCUT2D eigenvalue weighted by Gasteiger charge is 2.24. The zero-order valence-corrected chi connectivity index (χ0v) is 15.3. The van der Waals surface area contributed by atoms with Crippen molar-refractivity contribution in [2.75, 3.05) is 0 Å². The van der Waals surface area contributed by atoms with Gasteiger partial charge >= 0.3 is 5.69 Å². The summed E-state index contributed by atoms with van der Waals surface area (Å²) in [4.78, 5) is 34.1. The Bertz CT molecular complexity index is 985. The number of aryl methyl sites for hydroxylation is 2. The van der Waals surface area contributed by atoms with E-state index in [1.165, 1.54) is 26.9 Å². The van der Waals surface area contributed by atoms with Gasteiger partial charge in [-0.15, -0.1) is 0 Å². The second-order valence-electron chi connectivity index (χ2n) is 6.60. The van der Waals surface area contributed by atoms with Gasteiger partial charge in [0.1, 0.15) is 6.33 Å². The molecule has 1 saturated carbocycles. The van der Waals surface area contributed by atoms with Crippen LogP contribution in [0.3, 0.4) is 0 Å². The van der Waals surface area contributed by atoms with Crippen molar-refractivity contribution in [2.24, 2.45) is 5.92 Å². The molecule has 8 heteroatoms. The summed E-state index contributed by atoms with van der Waals surface area (Å²) in [5, 5.41) is 4.67. The van der Waals surface area contributed by atoms with Gasteiger partial charge in [0.05, 0.1) is 10.6 Å². The van der Waals surface area contributed by atoms with Crippen LogP contribution in [0.4, 0.5) is 0 Å². The highest BCUT2D eigenvalue weighted by Crippen LogP contribution is 2.30. The molecular formula is C18H19N5O2S. The molecule has 1 aliphatic rings. The molecule has 0 atom stereocenters. The highest BCUT2D eigenvalue weighted by molar-refractivity contribution is 7.16. The van der Waals surface area contributed by atoms with Crippen LogP contribution in [0, 0.1) is 12.8 Å². The topological polar surface area (TPSA) is 82.7 Å². The normalized spacial score (nSPS) is 13.9. The summed E-state index contributed by atoms with van der Waals surface area (Å²) in [6.07, 6.45) is 8.32. The minimum atomic E-state index is -0.194. The van der Waals surface area contributed by atoms with Gasteiger partial charge in [-0.1, -0.05) is 17.4 Å². The van der Waals surface area contributed by atoms with Crippen molar-refractivity contribution in [3.8, 4) is 5.13 Å². The average molecular weight is 369 g/mol. The fourth-order valence-corrected chi connectivity index (χ4v) is 3.80. The zero-order chi connectivity index (χ0) is 18.1. The van der Waals surface area contributed by atoms with Gasteiger partial charge in [0.25, 0.3) is 0 Å². The molecule has 0 aromatic carbocycles. The van der Waals surface area contributed by atoms with Crippen molar-refractivity contribution in [1.29, 1.82) is 0 Å². The van der Waals surface area contributed by atoms with Gasteiger partial charge < -0.3 is 0 Å². The Kier molecular flexibility index (Phi) is 4.50. The molecule has 0 aliphatic heterocycles. The third-order valence-corrected chi connectivity index (χ3v) is 5.67. The van der Waals surface area contributed by atoms with Crippen LogP contribution in [0.2, 0.25) is 0 Å². The monoisotopic (exact) mass is 369 g/mol. The molecule has 26 heavy (non-hydrogen) atoms. The largest absolute Gasteiger partial charge is 0.352 e. The minimum Gasteiger partial charge on any atom is -0.293 e. The van der Waals surface area contributed by atoms with Crippen LogP contribution < -0.4 is 5.69 Å². The molecule has 4 rings (SSSR count). The lowest BCUT2D eigenvalue weighted by molar-refractivity contribution is 0.0986. The molecule has 0 unspecified atom stereocenters. The molecule has 1 aliphatic carbocycles. The first-order valence-electron chi connectivity index (χ1n) is 8.66. The number of nitrogens with zero attached hydrogens (tertiary/aromatic N) is 5. The predicted molar refractivity (Wildman–Crippen MR) is 97.8 cm³/mol.